The zero-order valence-corrected chi connectivity index (χ0v) is 10.1. The van der Waals surface area contributed by atoms with Gasteiger partial charge in [0.2, 0.25) is 0 Å². The number of ether oxygens (including phenoxy) is 1. The molecule has 1 aromatic heterocycles. The van der Waals surface area contributed by atoms with Crippen LogP contribution in [0.2, 0.25) is 0 Å². The number of hydrogen-bond donors (Lipinski definition) is 1. The van der Waals surface area contributed by atoms with Gasteiger partial charge in [0.05, 0.1) is 5.60 Å². The van der Waals surface area contributed by atoms with E-state index in [0.717, 1.165) is 26.0 Å². The highest BCUT2D eigenvalue weighted by Crippen LogP contribution is 2.23. The van der Waals surface area contributed by atoms with E-state index >= 15 is 0 Å². The average molecular weight is 220 g/mol. The second kappa shape index (κ2) is 4.93. The van der Waals surface area contributed by atoms with Crippen molar-refractivity contribution in [3.05, 3.63) is 30.1 Å². The standard InChI is InChI=1S/C13H20N2O/c1-13(2)8-12(5-7-16-13)15-10-11-4-3-6-14-9-11/h3-4,6,9,12,15H,5,7-8,10H2,1-2H3/t12-/m1/s1. The Morgan fingerprint density at radius 3 is 3.12 bits per heavy atom. The van der Waals surface area contributed by atoms with Gasteiger partial charge < -0.3 is 10.1 Å². The Bertz CT molecular complexity index is 324. The first kappa shape index (κ1) is 11.6. The lowest BCUT2D eigenvalue weighted by Crippen LogP contribution is -2.43. The summed E-state index contributed by atoms with van der Waals surface area (Å²) in [6.45, 7) is 6.07. The highest BCUT2D eigenvalue weighted by atomic mass is 16.5. The van der Waals surface area contributed by atoms with Crippen LogP contribution in [0.3, 0.4) is 0 Å². The normalized spacial score (nSPS) is 24.2. The molecule has 1 aliphatic rings. The van der Waals surface area contributed by atoms with Gasteiger partial charge in [-0.05, 0) is 38.3 Å². The molecule has 88 valence electrons. The minimum Gasteiger partial charge on any atom is -0.375 e. The van der Waals surface area contributed by atoms with Crippen LogP contribution in [0, 0.1) is 0 Å². The lowest BCUT2D eigenvalue weighted by molar-refractivity contribution is -0.0630. The van der Waals surface area contributed by atoms with E-state index in [-0.39, 0.29) is 5.60 Å². The molecule has 3 nitrogen and oxygen atoms in total. The van der Waals surface area contributed by atoms with E-state index in [4.69, 9.17) is 4.74 Å². The van der Waals surface area contributed by atoms with Gasteiger partial charge in [0.15, 0.2) is 0 Å². The van der Waals surface area contributed by atoms with E-state index in [1.807, 2.05) is 12.3 Å². The Hall–Kier alpha value is -0.930. The van der Waals surface area contributed by atoms with Crippen LogP contribution in [0.5, 0.6) is 0 Å². The number of rotatable bonds is 3. The molecular formula is C13H20N2O. The van der Waals surface area contributed by atoms with E-state index in [0.29, 0.717) is 6.04 Å². The molecule has 0 aliphatic carbocycles. The van der Waals surface area contributed by atoms with E-state index in [2.05, 4.69) is 30.2 Å². The van der Waals surface area contributed by atoms with Crippen LogP contribution in [0.25, 0.3) is 0 Å². The van der Waals surface area contributed by atoms with Crippen molar-refractivity contribution in [2.45, 2.75) is 44.9 Å². The molecule has 0 amide bonds. The first-order valence-electron chi connectivity index (χ1n) is 5.92. The number of pyridine rings is 1. The van der Waals surface area contributed by atoms with Crippen molar-refractivity contribution in [3.63, 3.8) is 0 Å². The third kappa shape index (κ3) is 3.29. The van der Waals surface area contributed by atoms with Crippen molar-refractivity contribution in [1.82, 2.24) is 10.3 Å². The minimum absolute atomic E-state index is 0.0187. The first-order valence-corrected chi connectivity index (χ1v) is 5.92. The summed E-state index contributed by atoms with van der Waals surface area (Å²) in [6, 6.07) is 4.64. The van der Waals surface area contributed by atoms with Gasteiger partial charge in [-0.3, -0.25) is 4.98 Å². The summed E-state index contributed by atoms with van der Waals surface area (Å²) in [4.78, 5) is 4.11. The van der Waals surface area contributed by atoms with Crippen LogP contribution < -0.4 is 5.32 Å². The van der Waals surface area contributed by atoms with Gasteiger partial charge in [0.1, 0.15) is 0 Å². The van der Waals surface area contributed by atoms with Crippen LogP contribution in [0.4, 0.5) is 0 Å². The quantitative estimate of drug-likeness (QED) is 0.847. The lowest BCUT2D eigenvalue weighted by atomic mass is 9.94. The molecular weight excluding hydrogens is 200 g/mol. The molecule has 0 bridgehead atoms. The van der Waals surface area contributed by atoms with E-state index in [1.54, 1.807) is 6.20 Å². The maximum Gasteiger partial charge on any atom is 0.0641 e. The molecule has 1 aromatic rings. The van der Waals surface area contributed by atoms with Gasteiger partial charge in [0.25, 0.3) is 0 Å². The van der Waals surface area contributed by atoms with Crippen LogP contribution in [0.15, 0.2) is 24.5 Å². The third-order valence-electron chi connectivity index (χ3n) is 3.01. The summed E-state index contributed by atoms with van der Waals surface area (Å²) in [5, 5.41) is 3.57. The van der Waals surface area contributed by atoms with Crippen LogP contribution >= 0.6 is 0 Å². The predicted molar refractivity (Wildman–Crippen MR) is 64.1 cm³/mol. The Morgan fingerprint density at radius 1 is 1.56 bits per heavy atom. The lowest BCUT2D eigenvalue weighted by Gasteiger charge is -2.36. The Labute approximate surface area is 97.2 Å². The third-order valence-corrected chi connectivity index (χ3v) is 3.01. The van der Waals surface area contributed by atoms with E-state index < -0.39 is 0 Å². The number of aromatic nitrogens is 1. The summed E-state index contributed by atoms with van der Waals surface area (Å²) in [7, 11) is 0. The largest absolute Gasteiger partial charge is 0.375 e. The fraction of sp³-hybridized carbons (Fsp3) is 0.615. The molecule has 1 fully saturated rings. The molecule has 1 N–H and O–H groups in total. The van der Waals surface area contributed by atoms with Crippen LogP contribution in [0.1, 0.15) is 32.3 Å². The molecule has 1 atom stereocenters. The molecule has 16 heavy (non-hydrogen) atoms. The van der Waals surface area contributed by atoms with Crippen LogP contribution in [-0.4, -0.2) is 23.2 Å². The molecule has 2 rings (SSSR count). The summed E-state index contributed by atoms with van der Waals surface area (Å²) in [5.74, 6) is 0. The van der Waals surface area contributed by atoms with E-state index in [1.165, 1.54) is 5.56 Å². The van der Waals surface area contributed by atoms with Crippen molar-refractivity contribution in [3.8, 4) is 0 Å². The maximum absolute atomic E-state index is 5.70. The molecule has 0 radical (unpaired) electrons. The number of nitrogens with zero attached hydrogens (tertiary/aromatic N) is 1. The summed E-state index contributed by atoms with van der Waals surface area (Å²) >= 11 is 0. The molecule has 0 unspecified atom stereocenters. The minimum atomic E-state index is 0.0187. The average Bonchev–Trinajstić information content (AvgIpc) is 2.27. The SMILES string of the molecule is CC1(C)C[C@H](NCc2cccnc2)CCO1. The molecule has 3 heteroatoms. The highest BCUT2D eigenvalue weighted by molar-refractivity contribution is 5.08. The van der Waals surface area contributed by atoms with Crippen LogP contribution in [-0.2, 0) is 11.3 Å². The molecule has 0 saturated carbocycles. The van der Waals surface area contributed by atoms with Gasteiger partial charge in [-0.15, -0.1) is 0 Å². The molecule has 1 saturated heterocycles. The topological polar surface area (TPSA) is 34.2 Å². The molecule has 1 aliphatic heterocycles. The van der Waals surface area contributed by atoms with Crippen molar-refractivity contribution < 1.29 is 4.74 Å². The van der Waals surface area contributed by atoms with Gasteiger partial charge in [-0.1, -0.05) is 6.07 Å². The molecule has 0 spiro atoms. The Kier molecular flexibility index (Phi) is 3.56. The zero-order chi connectivity index (χ0) is 11.4. The highest BCUT2D eigenvalue weighted by Gasteiger charge is 2.28. The predicted octanol–water partition coefficient (Wildman–Crippen LogP) is 2.13. The smallest absolute Gasteiger partial charge is 0.0641 e. The van der Waals surface area contributed by atoms with Crippen molar-refractivity contribution in [2.75, 3.05) is 6.61 Å². The second-order valence-corrected chi connectivity index (χ2v) is 5.04. The first-order chi connectivity index (χ1) is 7.66. The maximum atomic E-state index is 5.70. The summed E-state index contributed by atoms with van der Waals surface area (Å²) in [5.41, 5.74) is 1.26. The Balaban J connectivity index is 1.82. The molecule has 0 aromatic carbocycles. The fourth-order valence-corrected chi connectivity index (χ4v) is 2.17. The molecule has 2 heterocycles. The summed E-state index contributed by atoms with van der Waals surface area (Å²) in [6.07, 6.45) is 5.90. The van der Waals surface area contributed by atoms with Crippen molar-refractivity contribution in [2.24, 2.45) is 0 Å². The van der Waals surface area contributed by atoms with Gasteiger partial charge in [-0.25, -0.2) is 0 Å². The fourth-order valence-electron chi connectivity index (χ4n) is 2.17. The number of hydrogen-bond acceptors (Lipinski definition) is 3. The van der Waals surface area contributed by atoms with Gasteiger partial charge in [-0.2, -0.15) is 0 Å². The summed E-state index contributed by atoms with van der Waals surface area (Å²) < 4.78 is 5.70. The van der Waals surface area contributed by atoms with E-state index in [9.17, 15) is 0 Å². The van der Waals surface area contributed by atoms with Crippen molar-refractivity contribution in [1.29, 1.82) is 0 Å². The second-order valence-electron chi connectivity index (χ2n) is 5.04. The monoisotopic (exact) mass is 220 g/mol. The number of nitrogens with one attached hydrogen (secondary N) is 1. The van der Waals surface area contributed by atoms with Gasteiger partial charge in [0, 0.05) is 31.6 Å². The zero-order valence-electron chi connectivity index (χ0n) is 10.1. The Morgan fingerprint density at radius 2 is 2.44 bits per heavy atom. The van der Waals surface area contributed by atoms with Gasteiger partial charge >= 0.3 is 0 Å². The van der Waals surface area contributed by atoms with Crippen molar-refractivity contribution >= 4 is 0 Å².